The summed E-state index contributed by atoms with van der Waals surface area (Å²) in [6.45, 7) is 2.49. The lowest BCUT2D eigenvalue weighted by Gasteiger charge is -2.21. The summed E-state index contributed by atoms with van der Waals surface area (Å²) in [6, 6.07) is 9.64. The number of amides is 1. The first kappa shape index (κ1) is 15.2. The molecule has 0 saturated carbocycles. The van der Waals surface area contributed by atoms with Crippen LogP contribution in [0.15, 0.2) is 30.3 Å². The van der Waals surface area contributed by atoms with Gasteiger partial charge in [-0.1, -0.05) is 43.7 Å². The van der Waals surface area contributed by atoms with Crippen molar-refractivity contribution in [3.8, 4) is 0 Å². The molecule has 1 aromatic rings. The molecule has 0 aromatic heterocycles. The van der Waals surface area contributed by atoms with E-state index in [-0.39, 0.29) is 18.4 Å². The minimum absolute atomic E-state index is 0.00361. The molecular formula is C15H21NO3. The number of rotatable bonds is 7. The third-order valence-electron chi connectivity index (χ3n) is 2.86. The summed E-state index contributed by atoms with van der Waals surface area (Å²) in [6.07, 6.45) is 2.27. The first-order chi connectivity index (χ1) is 9.17. The van der Waals surface area contributed by atoms with Crippen molar-refractivity contribution in [2.24, 2.45) is 0 Å². The second-order valence-corrected chi connectivity index (χ2v) is 4.42. The van der Waals surface area contributed by atoms with Gasteiger partial charge in [-0.05, 0) is 12.0 Å². The summed E-state index contributed by atoms with van der Waals surface area (Å²) in [5, 5.41) is 0. The zero-order valence-electron chi connectivity index (χ0n) is 11.6. The monoisotopic (exact) mass is 263 g/mol. The second-order valence-electron chi connectivity index (χ2n) is 4.42. The van der Waals surface area contributed by atoms with E-state index in [2.05, 4.69) is 4.74 Å². The predicted molar refractivity (Wildman–Crippen MR) is 73.4 cm³/mol. The van der Waals surface area contributed by atoms with Crippen LogP contribution in [0.4, 0.5) is 0 Å². The first-order valence-corrected chi connectivity index (χ1v) is 6.56. The third kappa shape index (κ3) is 5.55. The van der Waals surface area contributed by atoms with Gasteiger partial charge in [0.1, 0.15) is 6.54 Å². The van der Waals surface area contributed by atoms with E-state index in [0.717, 1.165) is 18.4 Å². The molecule has 0 atom stereocenters. The molecule has 0 aliphatic rings. The lowest BCUT2D eigenvalue weighted by Crippen LogP contribution is -2.35. The van der Waals surface area contributed by atoms with Gasteiger partial charge in [0, 0.05) is 13.0 Å². The van der Waals surface area contributed by atoms with Crippen LogP contribution in [0.25, 0.3) is 0 Å². The Bertz CT molecular complexity index is 403. The summed E-state index contributed by atoms with van der Waals surface area (Å²) in [5.41, 5.74) is 1.01. The molecule has 0 unspecified atom stereocenters. The number of nitrogens with zero attached hydrogens (tertiary/aromatic N) is 1. The molecule has 0 aliphatic carbocycles. The SMILES string of the molecule is CCCCC(=O)N(CC(=O)OC)Cc1ccccc1. The van der Waals surface area contributed by atoms with Crippen LogP contribution in [-0.4, -0.2) is 30.4 Å². The Hall–Kier alpha value is -1.84. The van der Waals surface area contributed by atoms with E-state index >= 15 is 0 Å². The summed E-state index contributed by atoms with van der Waals surface area (Å²) < 4.78 is 4.64. The van der Waals surface area contributed by atoms with Gasteiger partial charge >= 0.3 is 5.97 Å². The molecule has 0 fully saturated rings. The molecule has 0 saturated heterocycles. The molecule has 4 nitrogen and oxygen atoms in total. The highest BCUT2D eigenvalue weighted by Crippen LogP contribution is 2.08. The molecule has 1 aromatic carbocycles. The standard InChI is InChI=1S/C15H21NO3/c1-3-4-10-14(17)16(12-15(18)19-2)11-13-8-6-5-7-9-13/h5-9H,3-4,10-12H2,1-2H3. The van der Waals surface area contributed by atoms with Crippen LogP contribution >= 0.6 is 0 Å². The fourth-order valence-corrected chi connectivity index (χ4v) is 1.74. The second kappa shape index (κ2) is 8.29. The van der Waals surface area contributed by atoms with Crippen molar-refractivity contribution in [2.45, 2.75) is 32.7 Å². The minimum Gasteiger partial charge on any atom is -0.468 e. The van der Waals surface area contributed by atoms with Gasteiger partial charge in [0.05, 0.1) is 7.11 Å². The fraction of sp³-hybridized carbons (Fsp3) is 0.467. The Morgan fingerprint density at radius 1 is 1.21 bits per heavy atom. The molecule has 19 heavy (non-hydrogen) atoms. The van der Waals surface area contributed by atoms with Gasteiger partial charge < -0.3 is 9.64 Å². The van der Waals surface area contributed by atoms with Gasteiger partial charge in [0.15, 0.2) is 0 Å². The van der Waals surface area contributed by atoms with Crippen LogP contribution < -0.4 is 0 Å². The molecule has 0 heterocycles. The summed E-state index contributed by atoms with van der Waals surface area (Å²) in [4.78, 5) is 25.0. The Balaban J connectivity index is 2.68. The Morgan fingerprint density at radius 3 is 2.47 bits per heavy atom. The molecule has 0 N–H and O–H groups in total. The average molecular weight is 263 g/mol. The van der Waals surface area contributed by atoms with E-state index in [1.165, 1.54) is 7.11 Å². The Kier molecular flexibility index (Phi) is 6.64. The van der Waals surface area contributed by atoms with Crippen molar-refractivity contribution in [1.82, 2.24) is 4.90 Å². The maximum absolute atomic E-state index is 12.1. The molecule has 0 bridgehead atoms. The highest BCUT2D eigenvalue weighted by atomic mass is 16.5. The number of benzene rings is 1. The normalized spacial score (nSPS) is 10.0. The van der Waals surface area contributed by atoms with E-state index in [0.29, 0.717) is 13.0 Å². The van der Waals surface area contributed by atoms with Gasteiger partial charge in [-0.3, -0.25) is 9.59 Å². The van der Waals surface area contributed by atoms with E-state index in [1.807, 2.05) is 37.3 Å². The number of unbranched alkanes of at least 4 members (excludes halogenated alkanes) is 1. The predicted octanol–water partition coefficient (Wildman–Crippen LogP) is 2.38. The van der Waals surface area contributed by atoms with E-state index in [4.69, 9.17) is 0 Å². The first-order valence-electron chi connectivity index (χ1n) is 6.56. The molecule has 104 valence electrons. The number of hydrogen-bond donors (Lipinski definition) is 0. The van der Waals surface area contributed by atoms with Crippen LogP contribution in [-0.2, 0) is 20.9 Å². The topological polar surface area (TPSA) is 46.6 Å². The van der Waals surface area contributed by atoms with Crippen molar-refractivity contribution >= 4 is 11.9 Å². The lowest BCUT2D eigenvalue weighted by atomic mass is 10.2. The molecule has 4 heteroatoms. The molecule has 0 aliphatic heterocycles. The maximum Gasteiger partial charge on any atom is 0.325 e. The number of ether oxygens (including phenoxy) is 1. The average Bonchev–Trinajstić information content (AvgIpc) is 2.44. The maximum atomic E-state index is 12.1. The van der Waals surface area contributed by atoms with E-state index in [1.54, 1.807) is 4.90 Å². The summed E-state index contributed by atoms with van der Waals surface area (Å²) in [7, 11) is 1.33. The smallest absolute Gasteiger partial charge is 0.325 e. The number of hydrogen-bond acceptors (Lipinski definition) is 3. The van der Waals surface area contributed by atoms with Crippen molar-refractivity contribution in [3.05, 3.63) is 35.9 Å². The number of esters is 1. The van der Waals surface area contributed by atoms with Crippen LogP contribution in [0.5, 0.6) is 0 Å². The molecule has 0 radical (unpaired) electrons. The van der Waals surface area contributed by atoms with Crippen molar-refractivity contribution in [1.29, 1.82) is 0 Å². The number of methoxy groups -OCH3 is 1. The zero-order valence-corrected chi connectivity index (χ0v) is 11.6. The zero-order chi connectivity index (χ0) is 14.1. The van der Waals surface area contributed by atoms with Crippen molar-refractivity contribution < 1.29 is 14.3 Å². The van der Waals surface area contributed by atoms with Gasteiger partial charge in [0.25, 0.3) is 0 Å². The van der Waals surface area contributed by atoms with Crippen LogP contribution in [0.1, 0.15) is 31.7 Å². The molecule has 1 amide bonds. The molecule has 1 rings (SSSR count). The third-order valence-corrected chi connectivity index (χ3v) is 2.86. The quantitative estimate of drug-likeness (QED) is 0.710. The van der Waals surface area contributed by atoms with Gasteiger partial charge in [-0.15, -0.1) is 0 Å². The van der Waals surface area contributed by atoms with Gasteiger partial charge in [-0.25, -0.2) is 0 Å². The van der Waals surface area contributed by atoms with Gasteiger partial charge in [0.2, 0.25) is 5.91 Å². The Labute approximate surface area is 114 Å². The highest BCUT2D eigenvalue weighted by Gasteiger charge is 2.17. The minimum atomic E-state index is -0.388. The van der Waals surface area contributed by atoms with Crippen LogP contribution in [0.3, 0.4) is 0 Å². The summed E-state index contributed by atoms with van der Waals surface area (Å²) >= 11 is 0. The Morgan fingerprint density at radius 2 is 1.89 bits per heavy atom. The summed E-state index contributed by atoms with van der Waals surface area (Å²) in [5.74, 6) is -0.392. The fourth-order valence-electron chi connectivity index (χ4n) is 1.74. The van der Waals surface area contributed by atoms with E-state index in [9.17, 15) is 9.59 Å². The van der Waals surface area contributed by atoms with E-state index < -0.39 is 0 Å². The van der Waals surface area contributed by atoms with Gasteiger partial charge in [-0.2, -0.15) is 0 Å². The van der Waals surface area contributed by atoms with Crippen LogP contribution in [0.2, 0.25) is 0 Å². The van der Waals surface area contributed by atoms with Crippen molar-refractivity contribution in [3.63, 3.8) is 0 Å². The number of carbonyl (C=O) groups is 2. The van der Waals surface area contributed by atoms with Crippen molar-refractivity contribution in [2.75, 3.05) is 13.7 Å². The number of carbonyl (C=O) groups excluding carboxylic acids is 2. The van der Waals surface area contributed by atoms with Crippen LogP contribution in [0, 0.1) is 0 Å². The largest absolute Gasteiger partial charge is 0.468 e. The molecule has 0 spiro atoms. The lowest BCUT2D eigenvalue weighted by molar-refractivity contribution is -0.147. The molecular weight excluding hydrogens is 242 g/mol. The highest BCUT2D eigenvalue weighted by molar-refractivity contribution is 5.82.